The summed E-state index contributed by atoms with van der Waals surface area (Å²) in [6, 6.07) is 37.6. The fourth-order valence-corrected chi connectivity index (χ4v) is 5.55. The Bertz CT molecular complexity index is 1210. The lowest BCUT2D eigenvalue weighted by atomic mass is 9.62. The summed E-state index contributed by atoms with van der Waals surface area (Å²) in [5.74, 6) is 0. The van der Waals surface area contributed by atoms with E-state index >= 15 is 4.39 Å². The van der Waals surface area contributed by atoms with Crippen molar-refractivity contribution in [1.82, 2.24) is 0 Å². The summed E-state index contributed by atoms with van der Waals surface area (Å²) >= 11 is 0. The zero-order chi connectivity index (χ0) is 20.2. The summed E-state index contributed by atoms with van der Waals surface area (Å²) in [5, 5.41) is 0. The highest BCUT2D eigenvalue weighted by atomic mass is 19.1. The number of ether oxygens (including phenoxy) is 1. The molecule has 1 fully saturated rings. The molecule has 1 nitrogen and oxygen atoms in total. The average Bonchev–Trinajstić information content (AvgIpc) is 3.30. The second-order valence-electron chi connectivity index (χ2n) is 8.23. The maximum absolute atomic E-state index is 17.6. The standard InChI is InChI=1S/C28H21FO/c29-27(22-14-6-2-7-15-22)20-26(21-12-4-1-5-13-21)24-18-10-11-19-25(24)28(27,30-26)23-16-8-3-9-17-23/h1-19H,20H2/t26-,27-,28+/m1/s1. The average molecular weight is 392 g/mol. The molecule has 0 radical (unpaired) electrons. The van der Waals surface area contributed by atoms with Gasteiger partial charge in [0.25, 0.3) is 0 Å². The molecule has 0 spiro atoms. The van der Waals surface area contributed by atoms with Crippen molar-refractivity contribution in [1.29, 1.82) is 0 Å². The van der Waals surface area contributed by atoms with Gasteiger partial charge >= 0.3 is 0 Å². The largest absolute Gasteiger partial charge is 0.346 e. The Kier molecular flexibility index (Phi) is 3.60. The Hall–Kier alpha value is -3.23. The Labute approximate surface area is 175 Å². The van der Waals surface area contributed by atoms with E-state index in [0.717, 1.165) is 22.3 Å². The molecule has 2 heteroatoms. The smallest absolute Gasteiger partial charge is 0.176 e. The number of halogens is 1. The van der Waals surface area contributed by atoms with Crippen LogP contribution in [-0.4, -0.2) is 0 Å². The van der Waals surface area contributed by atoms with Gasteiger partial charge in [0, 0.05) is 6.42 Å². The number of fused-ring (bicyclic) bond motifs is 5. The molecule has 4 aromatic carbocycles. The van der Waals surface area contributed by atoms with Crippen LogP contribution in [0, 0.1) is 0 Å². The van der Waals surface area contributed by atoms with E-state index in [0.29, 0.717) is 5.56 Å². The Morgan fingerprint density at radius 3 is 1.60 bits per heavy atom. The van der Waals surface area contributed by atoms with Crippen molar-refractivity contribution in [2.24, 2.45) is 0 Å². The van der Waals surface area contributed by atoms with Gasteiger partial charge in [-0.25, -0.2) is 4.39 Å². The maximum atomic E-state index is 17.6. The van der Waals surface area contributed by atoms with Crippen molar-refractivity contribution >= 4 is 0 Å². The third-order valence-electron chi connectivity index (χ3n) is 6.77. The Morgan fingerprint density at radius 1 is 0.533 bits per heavy atom. The number of benzene rings is 4. The molecule has 0 aromatic heterocycles. The van der Waals surface area contributed by atoms with Gasteiger partial charge in [-0.3, -0.25) is 0 Å². The van der Waals surface area contributed by atoms with Crippen LogP contribution in [0.15, 0.2) is 115 Å². The third-order valence-corrected chi connectivity index (χ3v) is 6.77. The van der Waals surface area contributed by atoms with E-state index in [1.807, 2.05) is 97.1 Å². The fraction of sp³-hybridized carbons (Fsp3) is 0.143. The summed E-state index contributed by atoms with van der Waals surface area (Å²) < 4.78 is 24.6. The molecule has 2 heterocycles. The van der Waals surface area contributed by atoms with Crippen LogP contribution < -0.4 is 0 Å². The second kappa shape index (κ2) is 6.13. The van der Waals surface area contributed by atoms with Crippen LogP contribution in [0.2, 0.25) is 0 Å². The highest BCUT2D eigenvalue weighted by molar-refractivity contribution is 5.60. The molecule has 0 saturated carbocycles. The zero-order valence-electron chi connectivity index (χ0n) is 16.5. The molecule has 146 valence electrons. The molecule has 4 aromatic rings. The van der Waals surface area contributed by atoms with Gasteiger partial charge in [-0.2, -0.15) is 0 Å². The van der Waals surface area contributed by atoms with E-state index in [2.05, 4.69) is 18.2 Å². The molecular weight excluding hydrogens is 371 g/mol. The minimum Gasteiger partial charge on any atom is -0.346 e. The van der Waals surface area contributed by atoms with Crippen molar-refractivity contribution in [3.05, 3.63) is 143 Å². The minimum absolute atomic E-state index is 0.236. The molecule has 30 heavy (non-hydrogen) atoms. The third kappa shape index (κ3) is 2.04. The molecule has 3 atom stereocenters. The van der Waals surface area contributed by atoms with Gasteiger partial charge in [0.1, 0.15) is 5.60 Å². The van der Waals surface area contributed by atoms with Crippen LogP contribution >= 0.6 is 0 Å². The van der Waals surface area contributed by atoms with Gasteiger partial charge in [-0.05, 0) is 27.8 Å². The van der Waals surface area contributed by atoms with Crippen molar-refractivity contribution in [2.75, 3.05) is 0 Å². The Morgan fingerprint density at radius 2 is 1.00 bits per heavy atom. The summed E-state index contributed by atoms with van der Waals surface area (Å²) in [7, 11) is 0. The predicted molar refractivity (Wildman–Crippen MR) is 116 cm³/mol. The topological polar surface area (TPSA) is 9.23 Å². The first-order valence-electron chi connectivity index (χ1n) is 10.4. The first kappa shape index (κ1) is 17.6. The first-order valence-corrected chi connectivity index (χ1v) is 10.4. The van der Waals surface area contributed by atoms with E-state index in [4.69, 9.17) is 4.74 Å². The summed E-state index contributed by atoms with van der Waals surface area (Å²) in [4.78, 5) is 0. The summed E-state index contributed by atoms with van der Waals surface area (Å²) in [6.07, 6.45) is 0.236. The predicted octanol–water partition coefficient (Wildman–Crippen LogP) is 6.47. The number of alkyl halides is 1. The lowest BCUT2D eigenvalue weighted by molar-refractivity contribution is -0.0839. The highest BCUT2D eigenvalue weighted by Gasteiger charge is 2.74. The lowest BCUT2D eigenvalue weighted by Gasteiger charge is -2.40. The maximum Gasteiger partial charge on any atom is 0.176 e. The van der Waals surface area contributed by atoms with Crippen LogP contribution in [0.25, 0.3) is 0 Å². The molecule has 2 bridgehead atoms. The quantitative estimate of drug-likeness (QED) is 0.388. The molecular formula is C28H21FO. The zero-order valence-corrected chi connectivity index (χ0v) is 16.5. The molecule has 0 amide bonds. The normalized spacial score (nSPS) is 29.0. The molecule has 6 rings (SSSR count). The fourth-order valence-electron chi connectivity index (χ4n) is 5.55. The van der Waals surface area contributed by atoms with E-state index < -0.39 is 16.9 Å². The molecule has 2 aliphatic rings. The van der Waals surface area contributed by atoms with Crippen molar-refractivity contribution < 1.29 is 9.13 Å². The van der Waals surface area contributed by atoms with E-state index in [-0.39, 0.29) is 6.42 Å². The minimum atomic E-state index is -1.71. The van der Waals surface area contributed by atoms with Crippen LogP contribution in [0.4, 0.5) is 4.39 Å². The van der Waals surface area contributed by atoms with Crippen molar-refractivity contribution in [3.8, 4) is 0 Å². The Balaban J connectivity index is 1.72. The van der Waals surface area contributed by atoms with Crippen molar-refractivity contribution in [2.45, 2.75) is 23.3 Å². The molecule has 2 aliphatic heterocycles. The highest BCUT2D eigenvalue weighted by Crippen LogP contribution is 2.71. The van der Waals surface area contributed by atoms with Crippen molar-refractivity contribution in [3.63, 3.8) is 0 Å². The number of hydrogen-bond acceptors (Lipinski definition) is 1. The summed E-state index contributed by atoms with van der Waals surface area (Å²) in [6.45, 7) is 0. The van der Waals surface area contributed by atoms with Crippen LogP contribution in [0.3, 0.4) is 0 Å². The van der Waals surface area contributed by atoms with E-state index in [9.17, 15) is 0 Å². The van der Waals surface area contributed by atoms with E-state index in [1.165, 1.54) is 0 Å². The van der Waals surface area contributed by atoms with Crippen LogP contribution in [0.5, 0.6) is 0 Å². The van der Waals surface area contributed by atoms with Crippen LogP contribution in [-0.2, 0) is 21.6 Å². The lowest BCUT2D eigenvalue weighted by Crippen LogP contribution is -2.44. The van der Waals surface area contributed by atoms with Gasteiger partial charge in [-0.1, -0.05) is 115 Å². The molecule has 0 aliphatic carbocycles. The molecule has 0 N–H and O–H groups in total. The molecule has 1 saturated heterocycles. The number of rotatable bonds is 3. The first-order chi connectivity index (χ1) is 14.7. The molecule has 0 unspecified atom stereocenters. The number of hydrogen-bond donors (Lipinski definition) is 0. The van der Waals surface area contributed by atoms with Gasteiger partial charge in [0.05, 0.1) is 0 Å². The second-order valence-corrected chi connectivity index (χ2v) is 8.23. The summed E-state index contributed by atoms with van der Waals surface area (Å²) in [5.41, 5.74) is 0.716. The van der Waals surface area contributed by atoms with Gasteiger partial charge in [0.2, 0.25) is 0 Å². The van der Waals surface area contributed by atoms with Gasteiger partial charge in [-0.15, -0.1) is 0 Å². The van der Waals surface area contributed by atoms with Crippen LogP contribution in [0.1, 0.15) is 34.2 Å². The van der Waals surface area contributed by atoms with Gasteiger partial charge < -0.3 is 4.74 Å². The monoisotopic (exact) mass is 392 g/mol. The van der Waals surface area contributed by atoms with E-state index in [1.54, 1.807) is 0 Å². The van der Waals surface area contributed by atoms with Gasteiger partial charge in [0.15, 0.2) is 11.3 Å². The SMILES string of the molecule is F[C@@]1(c2ccccc2)C[C@]2(c3ccccc3)O[C@@]1(c1ccccc1)c1ccccc12.